The first-order valence-electron chi connectivity index (χ1n) is 7.96. The van der Waals surface area contributed by atoms with Gasteiger partial charge >= 0.3 is 0 Å². The van der Waals surface area contributed by atoms with E-state index in [9.17, 15) is 0 Å². The molecule has 1 atom stereocenters. The molecule has 0 fully saturated rings. The van der Waals surface area contributed by atoms with Gasteiger partial charge in [-0.3, -0.25) is 0 Å². The summed E-state index contributed by atoms with van der Waals surface area (Å²) < 4.78 is 1.98. The topological polar surface area (TPSA) is 42.7 Å². The second kappa shape index (κ2) is 7.36. The predicted octanol–water partition coefficient (Wildman–Crippen LogP) is 3.59. The molecule has 0 saturated carbocycles. The van der Waals surface area contributed by atoms with E-state index < -0.39 is 0 Å². The van der Waals surface area contributed by atoms with Crippen molar-refractivity contribution >= 4 is 0 Å². The van der Waals surface area contributed by atoms with Crippen LogP contribution in [0, 0.1) is 6.92 Å². The third kappa shape index (κ3) is 3.50. The molecule has 0 aliphatic rings. The van der Waals surface area contributed by atoms with Gasteiger partial charge in [0.05, 0.1) is 17.4 Å². The van der Waals surface area contributed by atoms with Gasteiger partial charge in [0.15, 0.2) is 0 Å². The Balaban J connectivity index is 2.34. The fraction of sp³-hybridized carbons (Fsp3) is 0.529. The SMILES string of the molecule is CCCNC(CC)c1nnn(-c2ccc(C)cc2)c1CC. The molecule has 4 heteroatoms. The van der Waals surface area contributed by atoms with E-state index in [2.05, 4.69) is 67.6 Å². The minimum Gasteiger partial charge on any atom is -0.309 e. The lowest BCUT2D eigenvalue weighted by Crippen LogP contribution is -2.23. The highest BCUT2D eigenvalue weighted by atomic mass is 15.4. The number of aryl methyl sites for hydroxylation is 1. The van der Waals surface area contributed by atoms with Crippen LogP contribution < -0.4 is 5.32 Å². The number of rotatable bonds is 7. The molecule has 0 amide bonds. The van der Waals surface area contributed by atoms with Gasteiger partial charge in [-0.2, -0.15) is 0 Å². The molecule has 0 radical (unpaired) electrons. The molecule has 1 N–H and O–H groups in total. The van der Waals surface area contributed by atoms with Gasteiger partial charge in [0.2, 0.25) is 0 Å². The molecule has 2 aromatic rings. The Bertz CT molecular complexity index is 557. The van der Waals surface area contributed by atoms with Gasteiger partial charge in [-0.25, -0.2) is 4.68 Å². The van der Waals surface area contributed by atoms with Crippen molar-refractivity contribution in [1.29, 1.82) is 0 Å². The van der Waals surface area contributed by atoms with Crippen LogP contribution in [0.25, 0.3) is 5.69 Å². The van der Waals surface area contributed by atoms with Gasteiger partial charge in [-0.15, -0.1) is 5.10 Å². The largest absolute Gasteiger partial charge is 0.309 e. The van der Waals surface area contributed by atoms with Crippen LogP contribution in [0.3, 0.4) is 0 Å². The molecule has 1 aromatic carbocycles. The summed E-state index contributed by atoms with van der Waals surface area (Å²) in [5.74, 6) is 0. The molecule has 114 valence electrons. The molecule has 0 aliphatic carbocycles. The van der Waals surface area contributed by atoms with E-state index in [4.69, 9.17) is 0 Å². The number of aromatic nitrogens is 3. The highest BCUT2D eigenvalue weighted by Gasteiger charge is 2.19. The van der Waals surface area contributed by atoms with Crippen molar-refractivity contribution in [3.63, 3.8) is 0 Å². The Labute approximate surface area is 127 Å². The molecule has 1 aromatic heterocycles. The zero-order chi connectivity index (χ0) is 15.2. The Morgan fingerprint density at radius 1 is 1.14 bits per heavy atom. The molecule has 2 rings (SSSR count). The van der Waals surface area contributed by atoms with E-state index in [0.717, 1.165) is 37.2 Å². The third-order valence-corrected chi connectivity index (χ3v) is 3.79. The molecule has 0 saturated heterocycles. The fourth-order valence-corrected chi connectivity index (χ4v) is 2.56. The maximum atomic E-state index is 4.46. The summed E-state index contributed by atoms with van der Waals surface area (Å²) in [5, 5.41) is 12.4. The van der Waals surface area contributed by atoms with E-state index in [-0.39, 0.29) is 0 Å². The normalized spacial score (nSPS) is 12.6. The van der Waals surface area contributed by atoms with Gasteiger partial charge in [0, 0.05) is 0 Å². The van der Waals surface area contributed by atoms with Gasteiger partial charge in [0.1, 0.15) is 5.69 Å². The molecule has 1 heterocycles. The monoisotopic (exact) mass is 286 g/mol. The minimum atomic E-state index is 0.291. The molecule has 0 bridgehead atoms. The van der Waals surface area contributed by atoms with Crippen molar-refractivity contribution in [1.82, 2.24) is 20.3 Å². The molecule has 4 nitrogen and oxygen atoms in total. The summed E-state index contributed by atoms with van der Waals surface area (Å²) in [6.45, 7) is 9.65. The van der Waals surface area contributed by atoms with Crippen LogP contribution in [-0.2, 0) is 6.42 Å². The predicted molar refractivity (Wildman–Crippen MR) is 86.8 cm³/mol. The van der Waals surface area contributed by atoms with E-state index in [1.54, 1.807) is 0 Å². The smallest absolute Gasteiger partial charge is 0.103 e. The lowest BCUT2D eigenvalue weighted by atomic mass is 10.1. The lowest BCUT2D eigenvalue weighted by Gasteiger charge is -2.16. The number of hydrogen-bond acceptors (Lipinski definition) is 3. The molecular weight excluding hydrogens is 260 g/mol. The zero-order valence-corrected chi connectivity index (χ0v) is 13.6. The van der Waals surface area contributed by atoms with Crippen molar-refractivity contribution in [3.05, 3.63) is 41.2 Å². The number of nitrogens with zero attached hydrogens (tertiary/aromatic N) is 3. The van der Waals surface area contributed by atoms with Crippen LogP contribution in [0.2, 0.25) is 0 Å². The minimum absolute atomic E-state index is 0.291. The first kappa shape index (κ1) is 15.7. The lowest BCUT2D eigenvalue weighted by molar-refractivity contribution is 0.503. The van der Waals surface area contributed by atoms with E-state index in [1.807, 2.05) is 4.68 Å². The number of benzene rings is 1. The highest BCUT2D eigenvalue weighted by Crippen LogP contribution is 2.22. The Morgan fingerprint density at radius 2 is 1.86 bits per heavy atom. The second-order valence-electron chi connectivity index (χ2n) is 5.44. The van der Waals surface area contributed by atoms with Gasteiger partial charge in [-0.05, 0) is 44.9 Å². The summed E-state index contributed by atoms with van der Waals surface area (Å²) in [6.07, 6.45) is 3.09. The molecule has 0 aliphatic heterocycles. The summed E-state index contributed by atoms with van der Waals surface area (Å²) in [5.41, 5.74) is 4.64. The van der Waals surface area contributed by atoms with Crippen molar-refractivity contribution < 1.29 is 0 Å². The van der Waals surface area contributed by atoms with E-state index in [0.29, 0.717) is 6.04 Å². The quantitative estimate of drug-likeness (QED) is 0.846. The van der Waals surface area contributed by atoms with Crippen molar-refractivity contribution in [2.24, 2.45) is 0 Å². The maximum absolute atomic E-state index is 4.46. The van der Waals surface area contributed by atoms with Crippen LogP contribution in [0.4, 0.5) is 0 Å². The summed E-state index contributed by atoms with van der Waals surface area (Å²) in [6, 6.07) is 8.73. The number of hydrogen-bond donors (Lipinski definition) is 1. The standard InChI is InChI=1S/C17H26N4/c1-5-12-18-15(6-2)17-16(7-3)21(20-19-17)14-10-8-13(4)9-11-14/h8-11,15,18H,5-7,12H2,1-4H3. The second-order valence-corrected chi connectivity index (χ2v) is 5.44. The van der Waals surface area contributed by atoms with Crippen LogP contribution in [0.15, 0.2) is 24.3 Å². The van der Waals surface area contributed by atoms with E-state index in [1.165, 1.54) is 11.3 Å². The first-order chi connectivity index (χ1) is 10.2. The Hall–Kier alpha value is -1.68. The van der Waals surface area contributed by atoms with Crippen molar-refractivity contribution in [2.75, 3.05) is 6.54 Å². The maximum Gasteiger partial charge on any atom is 0.103 e. The number of nitrogens with one attached hydrogen (secondary N) is 1. The van der Waals surface area contributed by atoms with Gasteiger partial charge < -0.3 is 5.32 Å². The summed E-state index contributed by atoms with van der Waals surface area (Å²) in [7, 11) is 0. The van der Waals surface area contributed by atoms with Crippen molar-refractivity contribution in [2.45, 2.75) is 53.0 Å². The zero-order valence-electron chi connectivity index (χ0n) is 13.6. The van der Waals surface area contributed by atoms with Gasteiger partial charge in [-0.1, -0.05) is 43.7 Å². The van der Waals surface area contributed by atoms with Gasteiger partial charge in [0.25, 0.3) is 0 Å². The highest BCUT2D eigenvalue weighted by molar-refractivity contribution is 5.36. The van der Waals surface area contributed by atoms with Crippen molar-refractivity contribution in [3.8, 4) is 5.69 Å². The van der Waals surface area contributed by atoms with Crippen LogP contribution in [0.5, 0.6) is 0 Å². The fourth-order valence-electron chi connectivity index (χ4n) is 2.56. The summed E-state index contributed by atoms with van der Waals surface area (Å²) in [4.78, 5) is 0. The summed E-state index contributed by atoms with van der Waals surface area (Å²) >= 11 is 0. The van der Waals surface area contributed by atoms with Crippen LogP contribution in [0.1, 0.15) is 56.6 Å². The average Bonchev–Trinajstić information content (AvgIpc) is 2.92. The Morgan fingerprint density at radius 3 is 2.43 bits per heavy atom. The molecule has 1 unspecified atom stereocenters. The third-order valence-electron chi connectivity index (χ3n) is 3.79. The molecule has 0 spiro atoms. The first-order valence-corrected chi connectivity index (χ1v) is 7.96. The molecular formula is C17H26N4. The van der Waals surface area contributed by atoms with E-state index >= 15 is 0 Å². The van der Waals surface area contributed by atoms with Crippen LogP contribution in [-0.4, -0.2) is 21.5 Å². The molecule has 21 heavy (non-hydrogen) atoms. The average molecular weight is 286 g/mol. The Kier molecular flexibility index (Phi) is 5.51. The van der Waals surface area contributed by atoms with Crippen LogP contribution >= 0.6 is 0 Å².